The van der Waals surface area contributed by atoms with E-state index in [0.717, 1.165) is 9.79 Å². The Hall–Kier alpha value is -3.10. The Bertz CT molecular complexity index is 1090. The minimum absolute atomic E-state index is 0.00299. The predicted molar refractivity (Wildman–Crippen MR) is 130 cm³/mol. The second-order valence-electron chi connectivity index (χ2n) is 7.61. The smallest absolute Gasteiger partial charge is 0.309 e. The lowest BCUT2D eigenvalue weighted by atomic mass is 9.97. The molecule has 0 aliphatic carbocycles. The number of amides is 2. The van der Waals surface area contributed by atoms with Gasteiger partial charge in [-0.3, -0.25) is 14.4 Å². The van der Waals surface area contributed by atoms with Crippen LogP contribution in [0, 0.1) is 5.92 Å². The molecule has 2 amide bonds. The van der Waals surface area contributed by atoms with E-state index in [-0.39, 0.29) is 30.3 Å². The molecule has 33 heavy (non-hydrogen) atoms. The van der Waals surface area contributed by atoms with Gasteiger partial charge in [-0.15, -0.1) is 11.3 Å². The first-order chi connectivity index (χ1) is 16.1. The van der Waals surface area contributed by atoms with Crippen LogP contribution < -0.4 is 5.32 Å². The van der Waals surface area contributed by atoms with Crippen molar-refractivity contribution in [3.63, 3.8) is 0 Å². The Balaban J connectivity index is 1.24. The molecule has 0 radical (unpaired) electrons. The number of piperidine rings is 1. The summed E-state index contributed by atoms with van der Waals surface area (Å²) in [6, 6.07) is 21.1. The molecule has 0 spiro atoms. The fraction of sp³-hybridized carbons (Fsp3) is 0.240. The minimum Gasteiger partial charge on any atom is -0.455 e. The number of hydrogen-bond donors (Lipinski definition) is 1. The molecule has 6 nitrogen and oxygen atoms in total. The number of carbonyl (C=O) groups is 3. The van der Waals surface area contributed by atoms with Gasteiger partial charge >= 0.3 is 5.97 Å². The van der Waals surface area contributed by atoms with E-state index in [9.17, 15) is 14.4 Å². The van der Waals surface area contributed by atoms with E-state index in [1.54, 1.807) is 16.7 Å². The molecule has 0 saturated carbocycles. The highest BCUT2D eigenvalue weighted by atomic mass is 32.2. The van der Waals surface area contributed by atoms with E-state index < -0.39 is 0 Å². The van der Waals surface area contributed by atoms with Gasteiger partial charge in [-0.25, -0.2) is 0 Å². The molecule has 8 heteroatoms. The van der Waals surface area contributed by atoms with E-state index in [0.29, 0.717) is 36.5 Å². The molecule has 2 heterocycles. The second kappa shape index (κ2) is 11.2. The highest BCUT2D eigenvalue weighted by Crippen LogP contribution is 2.33. The average molecular weight is 481 g/mol. The number of para-hydroxylation sites is 1. The number of ether oxygens (including phenoxy) is 1. The largest absolute Gasteiger partial charge is 0.455 e. The number of hydrogen-bond acceptors (Lipinski definition) is 6. The molecule has 1 N–H and O–H groups in total. The maximum absolute atomic E-state index is 12.5. The number of thiophene rings is 1. The fourth-order valence-electron chi connectivity index (χ4n) is 3.59. The zero-order valence-electron chi connectivity index (χ0n) is 17.9. The van der Waals surface area contributed by atoms with Gasteiger partial charge in [0.2, 0.25) is 0 Å². The Morgan fingerprint density at radius 2 is 1.70 bits per heavy atom. The minimum atomic E-state index is -0.389. The highest BCUT2D eigenvalue weighted by molar-refractivity contribution is 7.99. The number of esters is 1. The lowest BCUT2D eigenvalue weighted by Gasteiger charge is -2.30. The van der Waals surface area contributed by atoms with Crippen LogP contribution in [0.25, 0.3) is 0 Å². The van der Waals surface area contributed by atoms with Crippen LogP contribution in [-0.4, -0.2) is 42.4 Å². The third-order valence-corrected chi connectivity index (χ3v) is 7.27. The van der Waals surface area contributed by atoms with Crippen molar-refractivity contribution in [3.8, 4) is 0 Å². The number of anilines is 1. The number of carbonyl (C=O) groups excluding carboxylic acids is 3. The van der Waals surface area contributed by atoms with Crippen molar-refractivity contribution in [1.82, 2.24) is 4.90 Å². The van der Waals surface area contributed by atoms with Gasteiger partial charge in [0.15, 0.2) is 6.61 Å². The third kappa shape index (κ3) is 6.24. The molecule has 4 rings (SSSR count). The van der Waals surface area contributed by atoms with Gasteiger partial charge in [-0.1, -0.05) is 48.2 Å². The molecule has 1 saturated heterocycles. The monoisotopic (exact) mass is 480 g/mol. The Morgan fingerprint density at radius 1 is 0.970 bits per heavy atom. The van der Waals surface area contributed by atoms with Crippen LogP contribution in [0.4, 0.5) is 5.69 Å². The molecule has 1 fully saturated rings. The lowest BCUT2D eigenvalue weighted by Crippen LogP contribution is -2.40. The molecule has 1 aromatic heterocycles. The van der Waals surface area contributed by atoms with Crippen LogP contribution in [0.3, 0.4) is 0 Å². The van der Waals surface area contributed by atoms with Gasteiger partial charge in [-0.2, -0.15) is 0 Å². The molecule has 0 unspecified atom stereocenters. The first kappa shape index (κ1) is 23.1. The normalized spacial score (nSPS) is 14.0. The molecule has 0 atom stereocenters. The average Bonchev–Trinajstić information content (AvgIpc) is 3.39. The predicted octanol–water partition coefficient (Wildman–Crippen LogP) is 4.93. The molecule has 1 aliphatic rings. The summed E-state index contributed by atoms with van der Waals surface area (Å²) in [4.78, 5) is 41.8. The summed E-state index contributed by atoms with van der Waals surface area (Å²) in [5.41, 5.74) is 0.674. The number of benzene rings is 2. The maximum atomic E-state index is 12.5. The van der Waals surface area contributed by atoms with Gasteiger partial charge < -0.3 is 15.0 Å². The lowest BCUT2D eigenvalue weighted by molar-refractivity contribution is -0.152. The standard InChI is InChI=1S/C25H24N2O4S2/c28-23(26-20-9-4-5-10-21(20)33-19-7-2-1-3-8-19)17-31-25(30)18-12-14-27(15-13-18)24(29)22-11-6-16-32-22/h1-11,16,18H,12-15,17H2,(H,26,28). The van der Waals surface area contributed by atoms with Crippen LogP contribution in [0.2, 0.25) is 0 Å². The SMILES string of the molecule is O=C(COC(=O)C1CCN(C(=O)c2cccs2)CC1)Nc1ccccc1Sc1ccccc1. The Morgan fingerprint density at radius 3 is 2.42 bits per heavy atom. The van der Waals surface area contributed by atoms with Gasteiger partial charge in [0.1, 0.15) is 0 Å². The topological polar surface area (TPSA) is 75.7 Å². The van der Waals surface area contributed by atoms with Crippen LogP contribution in [0.15, 0.2) is 81.9 Å². The molecular weight excluding hydrogens is 456 g/mol. The Kier molecular flexibility index (Phi) is 7.80. The number of likely N-dealkylation sites (tertiary alicyclic amines) is 1. The van der Waals surface area contributed by atoms with Crippen molar-refractivity contribution in [2.45, 2.75) is 22.6 Å². The summed E-state index contributed by atoms with van der Waals surface area (Å²) < 4.78 is 5.28. The molecular formula is C25H24N2O4S2. The van der Waals surface area contributed by atoms with Crippen molar-refractivity contribution in [3.05, 3.63) is 77.0 Å². The first-order valence-electron chi connectivity index (χ1n) is 10.7. The van der Waals surface area contributed by atoms with Crippen molar-refractivity contribution in [2.75, 3.05) is 25.0 Å². The molecule has 2 aromatic carbocycles. The van der Waals surface area contributed by atoms with E-state index in [2.05, 4.69) is 5.32 Å². The second-order valence-corrected chi connectivity index (χ2v) is 9.67. The molecule has 0 bridgehead atoms. The third-order valence-electron chi connectivity index (χ3n) is 5.33. The van der Waals surface area contributed by atoms with Gasteiger partial charge in [-0.05, 0) is 48.6 Å². The molecule has 1 aliphatic heterocycles. The van der Waals surface area contributed by atoms with Crippen molar-refractivity contribution in [1.29, 1.82) is 0 Å². The molecule has 3 aromatic rings. The van der Waals surface area contributed by atoms with Gasteiger partial charge in [0.05, 0.1) is 16.5 Å². The summed E-state index contributed by atoms with van der Waals surface area (Å²) in [5, 5.41) is 4.71. The van der Waals surface area contributed by atoms with Crippen LogP contribution in [0.5, 0.6) is 0 Å². The van der Waals surface area contributed by atoms with Crippen LogP contribution in [-0.2, 0) is 14.3 Å². The number of rotatable bonds is 7. The van der Waals surface area contributed by atoms with E-state index in [4.69, 9.17) is 4.74 Å². The first-order valence-corrected chi connectivity index (χ1v) is 12.4. The van der Waals surface area contributed by atoms with Gasteiger partial charge in [0, 0.05) is 22.9 Å². The zero-order valence-corrected chi connectivity index (χ0v) is 19.6. The van der Waals surface area contributed by atoms with Crippen LogP contribution in [0.1, 0.15) is 22.5 Å². The summed E-state index contributed by atoms with van der Waals surface area (Å²) >= 11 is 2.97. The number of nitrogens with one attached hydrogen (secondary N) is 1. The maximum Gasteiger partial charge on any atom is 0.309 e. The summed E-state index contributed by atoms with van der Waals surface area (Å²) in [6.45, 7) is 0.678. The van der Waals surface area contributed by atoms with Crippen molar-refractivity contribution in [2.24, 2.45) is 5.92 Å². The highest BCUT2D eigenvalue weighted by Gasteiger charge is 2.29. The van der Waals surface area contributed by atoms with Crippen molar-refractivity contribution >= 4 is 46.6 Å². The summed E-state index contributed by atoms with van der Waals surface area (Å²) in [5.74, 6) is -1.07. The van der Waals surface area contributed by atoms with Gasteiger partial charge in [0.25, 0.3) is 11.8 Å². The zero-order chi connectivity index (χ0) is 23.0. The van der Waals surface area contributed by atoms with Crippen LogP contribution >= 0.6 is 23.1 Å². The van der Waals surface area contributed by atoms with Crippen molar-refractivity contribution < 1.29 is 19.1 Å². The number of nitrogens with zero attached hydrogens (tertiary/aromatic N) is 1. The fourth-order valence-corrected chi connectivity index (χ4v) is 5.20. The van der Waals surface area contributed by atoms with E-state index in [1.807, 2.05) is 72.1 Å². The summed E-state index contributed by atoms with van der Waals surface area (Å²) in [7, 11) is 0. The van der Waals surface area contributed by atoms with E-state index >= 15 is 0 Å². The quantitative estimate of drug-likeness (QED) is 0.485. The summed E-state index contributed by atoms with van der Waals surface area (Å²) in [6.07, 6.45) is 1.07. The van der Waals surface area contributed by atoms with E-state index in [1.165, 1.54) is 11.3 Å². The Labute approximate surface area is 200 Å². The molecule has 170 valence electrons.